The molecule has 4 nitrogen and oxygen atoms in total. The Hall–Kier alpha value is 0.0569. The van der Waals surface area contributed by atoms with Crippen LogP contribution < -0.4 is 0 Å². The van der Waals surface area contributed by atoms with Gasteiger partial charge in [0.1, 0.15) is 0 Å². The predicted octanol–water partition coefficient (Wildman–Crippen LogP) is -2.40. The lowest BCUT2D eigenvalue weighted by atomic mass is 12.0. The Labute approximate surface area is 36.8 Å². The van der Waals surface area contributed by atoms with Crippen LogP contribution in [-0.2, 0) is 0 Å². The molecule has 0 aromatic carbocycles. The SMILES string of the molecule is O[Si](O)(O)O.[CH]. The van der Waals surface area contributed by atoms with Crippen LogP contribution in [0.5, 0.6) is 0 Å². The van der Waals surface area contributed by atoms with Crippen LogP contribution in [0, 0.1) is 7.43 Å². The van der Waals surface area contributed by atoms with Gasteiger partial charge in [0.25, 0.3) is 0 Å². The fourth-order valence-corrected chi connectivity index (χ4v) is 0. The summed E-state index contributed by atoms with van der Waals surface area (Å²) in [5.74, 6) is 0. The van der Waals surface area contributed by atoms with Crippen molar-refractivity contribution >= 4 is 9.05 Å². The van der Waals surface area contributed by atoms with E-state index in [2.05, 4.69) is 0 Å². The van der Waals surface area contributed by atoms with Crippen molar-refractivity contribution in [2.45, 2.75) is 0 Å². The van der Waals surface area contributed by atoms with Gasteiger partial charge in [-0.15, -0.1) is 0 Å². The molecule has 0 rings (SSSR count). The lowest BCUT2D eigenvalue weighted by Crippen LogP contribution is -2.33. The van der Waals surface area contributed by atoms with E-state index in [4.69, 9.17) is 19.2 Å². The van der Waals surface area contributed by atoms with Crippen LogP contribution in [0.3, 0.4) is 0 Å². The highest BCUT2D eigenvalue weighted by Crippen LogP contribution is 1.67. The first-order valence-electron chi connectivity index (χ1n) is 0.894. The summed E-state index contributed by atoms with van der Waals surface area (Å²) >= 11 is 0. The van der Waals surface area contributed by atoms with E-state index in [-0.39, 0.29) is 7.43 Å². The Balaban J connectivity index is 0. The predicted molar refractivity (Wildman–Crippen MR) is 18.9 cm³/mol. The molecule has 0 heterocycles. The normalized spacial score (nSPS) is 10.0. The lowest BCUT2D eigenvalue weighted by Gasteiger charge is -1.91. The van der Waals surface area contributed by atoms with Crippen LogP contribution in [0.2, 0.25) is 0 Å². The molecule has 0 saturated carbocycles. The Kier molecular flexibility index (Phi) is 3.56. The van der Waals surface area contributed by atoms with Crippen LogP contribution in [0.1, 0.15) is 0 Å². The third-order valence-electron chi connectivity index (χ3n) is 0. The van der Waals surface area contributed by atoms with E-state index in [1.54, 1.807) is 0 Å². The summed E-state index contributed by atoms with van der Waals surface area (Å²) in [4.78, 5) is 29.3. The third-order valence-corrected chi connectivity index (χ3v) is 0. The highest BCUT2D eigenvalue weighted by Gasteiger charge is 2.22. The van der Waals surface area contributed by atoms with Crippen molar-refractivity contribution in [3.05, 3.63) is 7.43 Å². The van der Waals surface area contributed by atoms with Crippen LogP contribution in [0.15, 0.2) is 0 Å². The van der Waals surface area contributed by atoms with Gasteiger partial charge >= 0.3 is 9.05 Å². The molecular formula is CH5O4Si. The van der Waals surface area contributed by atoms with E-state index < -0.39 is 9.05 Å². The number of hydrogen-bond donors (Lipinski definition) is 4. The largest absolute Gasteiger partial charge is 0.668 e. The minimum Gasteiger partial charge on any atom is -0.368 e. The molecule has 5 heteroatoms. The molecule has 0 spiro atoms. The maximum Gasteiger partial charge on any atom is 0.668 e. The molecule has 0 bridgehead atoms. The van der Waals surface area contributed by atoms with Crippen LogP contribution in [-0.4, -0.2) is 28.2 Å². The molecule has 4 N–H and O–H groups in total. The van der Waals surface area contributed by atoms with E-state index in [9.17, 15) is 0 Å². The average molecular weight is 109 g/mol. The highest BCUT2D eigenvalue weighted by atomic mass is 28.4. The molecule has 0 unspecified atom stereocenters. The van der Waals surface area contributed by atoms with Crippen molar-refractivity contribution in [3.63, 3.8) is 0 Å². The van der Waals surface area contributed by atoms with E-state index in [1.807, 2.05) is 0 Å². The third kappa shape index (κ3) is 11700. The molecule has 0 aromatic heterocycles. The highest BCUT2D eigenvalue weighted by molar-refractivity contribution is 6.46. The van der Waals surface area contributed by atoms with Gasteiger partial charge in [0.05, 0.1) is 0 Å². The summed E-state index contributed by atoms with van der Waals surface area (Å²) in [6.07, 6.45) is 0. The van der Waals surface area contributed by atoms with Gasteiger partial charge in [0.15, 0.2) is 0 Å². The maximum absolute atomic E-state index is 7.33. The fourth-order valence-electron chi connectivity index (χ4n) is 0. The first kappa shape index (κ1) is 9.41. The van der Waals surface area contributed by atoms with E-state index in [0.717, 1.165) is 0 Å². The second-order valence-electron chi connectivity index (χ2n) is 0.600. The van der Waals surface area contributed by atoms with Crippen molar-refractivity contribution in [1.29, 1.82) is 0 Å². The van der Waals surface area contributed by atoms with Crippen LogP contribution >= 0.6 is 0 Å². The number of hydrogen-bond acceptors (Lipinski definition) is 4. The van der Waals surface area contributed by atoms with Crippen LogP contribution in [0.25, 0.3) is 0 Å². The Morgan fingerprint density at radius 1 is 0.833 bits per heavy atom. The second-order valence-corrected chi connectivity index (χ2v) is 1.80. The Bertz CT molecular complexity index is 23.0. The van der Waals surface area contributed by atoms with E-state index in [0.29, 0.717) is 0 Å². The topological polar surface area (TPSA) is 80.9 Å². The van der Waals surface area contributed by atoms with Crippen molar-refractivity contribution in [1.82, 2.24) is 0 Å². The number of rotatable bonds is 0. The lowest BCUT2D eigenvalue weighted by molar-refractivity contribution is 0.117. The minimum absolute atomic E-state index is 0. The molecule has 3 radical (unpaired) electrons. The second kappa shape index (κ2) is 2.27. The molecule has 6 heavy (non-hydrogen) atoms. The molecule has 0 aliphatic heterocycles. The average Bonchev–Trinajstić information content (AvgIpc) is 0.722. The molecule has 0 aliphatic carbocycles. The summed E-state index contributed by atoms with van der Waals surface area (Å²) in [5, 5.41) is 0. The zero-order chi connectivity index (χ0) is 4.50. The Morgan fingerprint density at radius 3 is 0.833 bits per heavy atom. The first-order valence-corrected chi connectivity index (χ1v) is 2.68. The summed E-state index contributed by atoms with van der Waals surface area (Å²) < 4.78 is 0. The summed E-state index contributed by atoms with van der Waals surface area (Å²) in [6.45, 7) is 0. The molecule has 0 saturated heterocycles. The van der Waals surface area contributed by atoms with Crippen molar-refractivity contribution in [3.8, 4) is 0 Å². The van der Waals surface area contributed by atoms with Crippen molar-refractivity contribution in [2.24, 2.45) is 0 Å². The molecular weight excluding hydrogens is 104 g/mol. The van der Waals surface area contributed by atoms with Gasteiger partial charge in [-0.3, -0.25) is 0 Å². The van der Waals surface area contributed by atoms with Crippen molar-refractivity contribution in [2.75, 3.05) is 0 Å². The first-order chi connectivity index (χ1) is 2.00. The summed E-state index contributed by atoms with van der Waals surface area (Å²) in [6, 6.07) is 0. The van der Waals surface area contributed by atoms with Gasteiger partial charge in [-0.1, -0.05) is 0 Å². The van der Waals surface area contributed by atoms with Gasteiger partial charge in [-0.2, -0.15) is 0 Å². The minimum atomic E-state index is -4.61. The molecule has 37 valence electrons. The standard InChI is InChI=1S/CH.H4O4Si/c;1-5(2,3)4/h1H;1-4H. The van der Waals surface area contributed by atoms with Gasteiger partial charge < -0.3 is 19.2 Å². The van der Waals surface area contributed by atoms with E-state index in [1.165, 1.54) is 0 Å². The quantitative estimate of drug-likeness (QED) is 0.261. The molecule has 0 atom stereocenters. The van der Waals surface area contributed by atoms with E-state index >= 15 is 0 Å². The van der Waals surface area contributed by atoms with Gasteiger partial charge in [-0.05, 0) is 7.43 Å². The molecule has 0 aliphatic rings. The molecule has 0 fully saturated rings. The Morgan fingerprint density at radius 2 is 0.833 bits per heavy atom. The summed E-state index contributed by atoms with van der Waals surface area (Å²) in [7, 11) is -4.61. The smallest absolute Gasteiger partial charge is 0.368 e. The monoisotopic (exact) mass is 109 g/mol. The fraction of sp³-hybridized carbons (Fsp3) is 0. The van der Waals surface area contributed by atoms with Crippen molar-refractivity contribution < 1.29 is 19.2 Å². The molecule has 0 amide bonds. The zero-order valence-electron chi connectivity index (χ0n) is 2.87. The maximum atomic E-state index is 7.33. The molecule has 0 aromatic rings. The van der Waals surface area contributed by atoms with Gasteiger partial charge in [0, 0.05) is 0 Å². The van der Waals surface area contributed by atoms with Crippen LogP contribution in [0.4, 0.5) is 0 Å². The zero-order valence-corrected chi connectivity index (χ0v) is 3.87. The van der Waals surface area contributed by atoms with Gasteiger partial charge in [0.2, 0.25) is 0 Å². The summed E-state index contributed by atoms with van der Waals surface area (Å²) in [5.41, 5.74) is 0. The van der Waals surface area contributed by atoms with Gasteiger partial charge in [-0.25, -0.2) is 0 Å².